The summed E-state index contributed by atoms with van der Waals surface area (Å²) in [5.41, 5.74) is 5.02. The van der Waals surface area contributed by atoms with Gasteiger partial charge in [-0.15, -0.1) is 0 Å². The Morgan fingerprint density at radius 2 is 1.83 bits per heavy atom. The number of hydrogen-bond donors (Lipinski definition) is 1. The molecule has 0 spiro atoms. The van der Waals surface area contributed by atoms with Gasteiger partial charge in [0.05, 0.1) is 36.6 Å². The van der Waals surface area contributed by atoms with E-state index in [0.717, 1.165) is 47.5 Å². The van der Waals surface area contributed by atoms with Crippen LogP contribution >= 0.6 is 0 Å². The van der Waals surface area contributed by atoms with Crippen LogP contribution in [0.1, 0.15) is 24.4 Å². The number of anilines is 2. The van der Waals surface area contributed by atoms with Crippen LogP contribution in [0.3, 0.4) is 0 Å². The van der Waals surface area contributed by atoms with Crippen LogP contribution < -0.4 is 9.80 Å². The minimum atomic E-state index is 0.0401. The number of rotatable bonds is 9. The summed E-state index contributed by atoms with van der Waals surface area (Å²) < 4.78 is 10.5. The second-order valence-electron chi connectivity index (χ2n) is 7.49. The third-order valence-electron chi connectivity index (χ3n) is 5.67. The second kappa shape index (κ2) is 9.28. The number of H-pyrrole nitrogens is 1. The van der Waals surface area contributed by atoms with E-state index in [-0.39, 0.29) is 11.9 Å². The molecule has 7 nitrogen and oxygen atoms in total. The summed E-state index contributed by atoms with van der Waals surface area (Å²) in [7, 11) is 3.42. The molecule has 158 valence electrons. The van der Waals surface area contributed by atoms with Crippen molar-refractivity contribution >= 4 is 28.3 Å². The molecular weight excluding hydrogens is 380 g/mol. The van der Waals surface area contributed by atoms with E-state index in [4.69, 9.17) is 9.47 Å². The van der Waals surface area contributed by atoms with E-state index in [9.17, 15) is 4.79 Å². The molecular formula is C23H28N4O3. The average molecular weight is 409 g/mol. The van der Waals surface area contributed by atoms with E-state index in [0.29, 0.717) is 19.6 Å². The zero-order chi connectivity index (χ0) is 20.9. The highest BCUT2D eigenvalue weighted by atomic mass is 16.5. The van der Waals surface area contributed by atoms with Gasteiger partial charge in [0.1, 0.15) is 0 Å². The number of fused-ring (bicyclic) bond motifs is 1. The molecule has 30 heavy (non-hydrogen) atoms. The number of carbonyl (C=O) groups is 1. The maximum atomic E-state index is 12.7. The minimum Gasteiger partial charge on any atom is -0.383 e. The molecule has 4 rings (SSSR count). The van der Waals surface area contributed by atoms with Gasteiger partial charge in [0.25, 0.3) is 0 Å². The highest BCUT2D eigenvalue weighted by Gasteiger charge is 2.33. The average Bonchev–Trinajstić information content (AvgIpc) is 3.40. The van der Waals surface area contributed by atoms with Crippen molar-refractivity contribution in [3.63, 3.8) is 0 Å². The van der Waals surface area contributed by atoms with Crippen molar-refractivity contribution in [2.45, 2.75) is 18.9 Å². The molecule has 0 saturated carbocycles. The van der Waals surface area contributed by atoms with Crippen molar-refractivity contribution in [1.82, 2.24) is 9.97 Å². The number of nitrogens with zero attached hydrogens (tertiary/aromatic N) is 3. The smallest absolute Gasteiger partial charge is 0.227 e. The van der Waals surface area contributed by atoms with E-state index in [1.165, 1.54) is 0 Å². The Morgan fingerprint density at radius 1 is 1.10 bits per heavy atom. The fourth-order valence-corrected chi connectivity index (χ4v) is 4.08. The lowest BCUT2D eigenvalue weighted by atomic mass is 10.0. The Hall–Kier alpha value is -2.90. The van der Waals surface area contributed by atoms with Crippen molar-refractivity contribution in [3.8, 4) is 0 Å². The molecule has 1 saturated heterocycles. The zero-order valence-corrected chi connectivity index (χ0v) is 17.5. The molecule has 1 fully saturated rings. The van der Waals surface area contributed by atoms with Gasteiger partial charge in [-0.3, -0.25) is 4.79 Å². The van der Waals surface area contributed by atoms with Gasteiger partial charge in [-0.2, -0.15) is 0 Å². The number of carbonyl (C=O) groups excluding carboxylic acids is 1. The van der Waals surface area contributed by atoms with Crippen molar-refractivity contribution in [3.05, 3.63) is 54.4 Å². The Labute approximate surface area is 176 Å². The standard InChI is InChI=1S/C23H28N4O3/c1-29-13-11-26(12-14-30-2)18-5-3-17(4-6-18)22-9-10-23(28)27(22)19-7-8-20-21(15-19)25-16-24-20/h3-8,15-16,22H,9-14H2,1-2H3,(H,24,25). The molecule has 3 aromatic rings. The number of methoxy groups -OCH3 is 2. The van der Waals surface area contributed by atoms with Gasteiger partial charge in [0.15, 0.2) is 0 Å². The van der Waals surface area contributed by atoms with Crippen molar-refractivity contribution in [2.75, 3.05) is 50.3 Å². The molecule has 0 aliphatic carbocycles. The number of ether oxygens (including phenoxy) is 2. The zero-order valence-electron chi connectivity index (χ0n) is 17.5. The Morgan fingerprint density at radius 3 is 2.53 bits per heavy atom. The summed E-state index contributed by atoms with van der Waals surface area (Å²) in [6, 6.07) is 14.5. The summed E-state index contributed by atoms with van der Waals surface area (Å²) in [6.07, 6.45) is 3.05. The van der Waals surface area contributed by atoms with E-state index in [1.54, 1.807) is 20.5 Å². The number of hydrogen-bond acceptors (Lipinski definition) is 5. The van der Waals surface area contributed by atoms with Crippen LogP contribution in [0.5, 0.6) is 0 Å². The number of aromatic amines is 1. The SMILES string of the molecule is COCCN(CCOC)c1ccc(C2CCC(=O)N2c2ccc3nc[nH]c3c2)cc1. The van der Waals surface area contributed by atoms with E-state index in [2.05, 4.69) is 39.1 Å². The third-order valence-corrected chi connectivity index (χ3v) is 5.67. The molecule has 1 aliphatic rings. The first-order valence-corrected chi connectivity index (χ1v) is 10.3. The molecule has 1 atom stereocenters. The van der Waals surface area contributed by atoms with Crippen molar-refractivity contribution < 1.29 is 14.3 Å². The molecule has 1 aliphatic heterocycles. The maximum Gasteiger partial charge on any atom is 0.227 e. The highest BCUT2D eigenvalue weighted by Crippen LogP contribution is 2.38. The lowest BCUT2D eigenvalue weighted by Gasteiger charge is -2.27. The van der Waals surface area contributed by atoms with E-state index in [1.807, 2.05) is 23.1 Å². The van der Waals surface area contributed by atoms with Crippen LogP contribution in [0, 0.1) is 0 Å². The molecule has 1 N–H and O–H groups in total. The fourth-order valence-electron chi connectivity index (χ4n) is 4.08. The van der Waals surface area contributed by atoms with Gasteiger partial charge in [-0.1, -0.05) is 12.1 Å². The molecule has 7 heteroatoms. The second-order valence-corrected chi connectivity index (χ2v) is 7.49. The largest absolute Gasteiger partial charge is 0.383 e. The van der Waals surface area contributed by atoms with Crippen molar-refractivity contribution in [1.29, 1.82) is 0 Å². The maximum absolute atomic E-state index is 12.7. The highest BCUT2D eigenvalue weighted by molar-refractivity contribution is 5.98. The fraction of sp³-hybridized carbons (Fsp3) is 0.391. The van der Waals surface area contributed by atoms with Crippen LogP contribution in [0.15, 0.2) is 48.8 Å². The number of aromatic nitrogens is 2. The van der Waals surface area contributed by atoms with Gasteiger partial charge < -0.3 is 24.3 Å². The van der Waals surface area contributed by atoms with Gasteiger partial charge in [-0.05, 0) is 42.3 Å². The Kier molecular flexibility index (Phi) is 6.30. The van der Waals surface area contributed by atoms with Crippen LogP contribution in [0.25, 0.3) is 11.0 Å². The first-order valence-electron chi connectivity index (χ1n) is 10.3. The van der Waals surface area contributed by atoms with Crippen LogP contribution in [0.2, 0.25) is 0 Å². The molecule has 2 aromatic carbocycles. The molecule has 1 aromatic heterocycles. The Bertz CT molecular complexity index is 978. The lowest BCUT2D eigenvalue weighted by molar-refractivity contribution is -0.117. The van der Waals surface area contributed by atoms with Crippen LogP contribution in [-0.4, -0.2) is 56.4 Å². The lowest BCUT2D eigenvalue weighted by Crippen LogP contribution is -2.30. The van der Waals surface area contributed by atoms with E-state index >= 15 is 0 Å². The van der Waals surface area contributed by atoms with Crippen LogP contribution in [0.4, 0.5) is 11.4 Å². The summed E-state index contributed by atoms with van der Waals surface area (Å²) in [6.45, 7) is 2.92. The summed E-state index contributed by atoms with van der Waals surface area (Å²) in [5, 5.41) is 0. The summed E-state index contributed by atoms with van der Waals surface area (Å²) in [5.74, 6) is 0.157. The normalized spacial score (nSPS) is 16.5. The van der Waals surface area contributed by atoms with Gasteiger partial charge >= 0.3 is 0 Å². The summed E-state index contributed by atoms with van der Waals surface area (Å²) in [4.78, 5) is 24.3. The summed E-state index contributed by atoms with van der Waals surface area (Å²) >= 11 is 0. The number of imidazole rings is 1. The first kappa shape index (κ1) is 20.4. The van der Waals surface area contributed by atoms with Crippen molar-refractivity contribution in [2.24, 2.45) is 0 Å². The minimum absolute atomic E-state index is 0.0401. The third kappa shape index (κ3) is 4.17. The predicted octanol–water partition coefficient (Wildman–Crippen LogP) is 3.53. The molecule has 0 radical (unpaired) electrons. The number of amides is 1. The monoisotopic (exact) mass is 408 g/mol. The number of benzene rings is 2. The predicted molar refractivity (Wildman–Crippen MR) is 118 cm³/mol. The molecule has 2 heterocycles. The van der Waals surface area contributed by atoms with Gasteiger partial charge in [-0.25, -0.2) is 4.98 Å². The topological polar surface area (TPSA) is 70.7 Å². The molecule has 0 bridgehead atoms. The van der Waals surface area contributed by atoms with Gasteiger partial charge in [0, 0.05) is 45.1 Å². The first-order chi connectivity index (χ1) is 14.7. The number of nitrogens with one attached hydrogen (secondary N) is 1. The van der Waals surface area contributed by atoms with E-state index < -0.39 is 0 Å². The van der Waals surface area contributed by atoms with Crippen LogP contribution in [-0.2, 0) is 14.3 Å². The van der Waals surface area contributed by atoms with Gasteiger partial charge in [0.2, 0.25) is 5.91 Å². The quantitative estimate of drug-likeness (QED) is 0.587. The molecule has 1 amide bonds. The molecule has 1 unspecified atom stereocenters. The Balaban J connectivity index is 1.56.